The van der Waals surface area contributed by atoms with Crippen molar-refractivity contribution in [2.45, 2.75) is 26.3 Å². The maximum Gasteiger partial charge on any atom is 0.221 e. The molecule has 0 saturated carbocycles. The molecule has 1 aromatic rings. The van der Waals surface area contributed by atoms with Crippen LogP contribution in [-0.4, -0.2) is 19.5 Å². The van der Waals surface area contributed by atoms with Gasteiger partial charge in [-0.15, -0.1) is 0 Å². The topological polar surface area (TPSA) is 41.1 Å². The minimum Gasteiger partial charge on any atom is -0.349 e. The van der Waals surface area contributed by atoms with Crippen LogP contribution in [0.1, 0.15) is 31.9 Å². The quantitative estimate of drug-likeness (QED) is 0.815. The molecule has 18 heavy (non-hydrogen) atoms. The molecule has 0 aliphatic carbocycles. The molecule has 1 unspecified atom stereocenters. The van der Waals surface area contributed by atoms with Crippen molar-refractivity contribution in [2.24, 2.45) is 5.92 Å². The molecule has 2 N–H and O–H groups in total. The molecule has 0 aliphatic rings. The fraction of sp³-hybridized carbons (Fsp3) is 0.500. The highest BCUT2D eigenvalue weighted by molar-refractivity contribution is 5.76. The number of halogens is 1. The van der Waals surface area contributed by atoms with E-state index in [1.165, 1.54) is 12.1 Å². The van der Waals surface area contributed by atoms with Crippen LogP contribution in [0.4, 0.5) is 4.39 Å². The summed E-state index contributed by atoms with van der Waals surface area (Å²) in [5.41, 5.74) is 0.934. The molecule has 0 heterocycles. The van der Waals surface area contributed by atoms with E-state index in [1.54, 1.807) is 12.1 Å². The summed E-state index contributed by atoms with van der Waals surface area (Å²) in [6.07, 6.45) is 0.445. The first-order valence-corrected chi connectivity index (χ1v) is 6.24. The molecule has 1 atom stereocenters. The Balaban J connectivity index is 2.71. The number of benzene rings is 1. The van der Waals surface area contributed by atoms with Gasteiger partial charge in [0.15, 0.2) is 0 Å². The van der Waals surface area contributed by atoms with E-state index in [0.717, 1.165) is 5.56 Å². The number of amides is 1. The highest BCUT2D eigenvalue weighted by Crippen LogP contribution is 2.21. The second kappa shape index (κ2) is 7.11. The predicted octanol–water partition coefficient (Wildman–Crippen LogP) is 2.25. The normalized spacial score (nSPS) is 12.5. The minimum absolute atomic E-state index is 0.00683. The van der Waals surface area contributed by atoms with E-state index in [2.05, 4.69) is 10.6 Å². The Bertz CT molecular complexity index is 376. The van der Waals surface area contributed by atoms with Gasteiger partial charge >= 0.3 is 0 Å². The molecule has 1 aromatic carbocycles. The zero-order valence-corrected chi connectivity index (χ0v) is 11.2. The van der Waals surface area contributed by atoms with Gasteiger partial charge in [-0.25, -0.2) is 4.39 Å². The summed E-state index contributed by atoms with van der Waals surface area (Å²) in [6.45, 7) is 4.72. The van der Waals surface area contributed by atoms with Crippen molar-refractivity contribution in [1.82, 2.24) is 10.6 Å². The zero-order valence-electron chi connectivity index (χ0n) is 11.2. The number of nitrogens with one attached hydrogen (secondary N) is 2. The number of carbonyl (C=O) groups excluding carboxylic acids is 1. The minimum atomic E-state index is -0.261. The van der Waals surface area contributed by atoms with E-state index in [9.17, 15) is 9.18 Å². The lowest BCUT2D eigenvalue weighted by atomic mass is 9.96. The SMILES string of the molecule is CNCCC(=O)NC(c1ccc(F)cc1)C(C)C. The van der Waals surface area contributed by atoms with E-state index in [1.807, 2.05) is 20.9 Å². The summed E-state index contributed by atoms with van der Waals surface area (Å²) < 4.78 is 12.9. The van der Waals surface area contributed by atoms with E-state index >= 15 is 0 Å². The van der Waals surface area contributed by atoms with Gasteiger partial charge in [-0.3, -0.25) is 4.79 Å². The first kappa shape index (κ1) is 14.6. The van der Waals surface area contributed by atoms with Crippen LogP contribution in [0.3, 0.4) is 0 Å². The number of carbonyl (C=O) groups is 1. The Labute approximate surface area is 108 Å². The summed E-state index contributed by atoms with van der Waals surface area (Å²) in [6, 6.07) is 6.21. The molecule has 3 nitrogen and oxygen atoms in total. The molecule has 0 saturated heterocycles. The monoisotopic (exact) mass is 252 g/mol. The summed E-state index contributed by atoms with van der Waals surface area (Å²) in [4.78, 5) is 11.7. The molecular formula is C14H21FN2O. The van der Waals surface area contributed by atoms with Crippen molar-refractivity contribution in [3.63, 3.8) is 0 Å². The van der Waals surface area contributed by atoms with Crippen molar-refractivity contribution >= 4 is 5.91 Å². The standard InChI is InChI=1S/C14H21FN2O/c1-10(2)14(17-13(18)8-9-16-3)11-4-6-12(15)7-5-11/h4-7,10,14,16H,8-9H2,1-3H3,(H,17,18). The first-order chi connectivity index (χ1) is 8.54. The van der Waals surface area contributed by atoms with Gasteiger partial charge in [0.2, 0.25) is 5.91 Å². The molecular weight excluding hydrogens is 231 g/mol. The average Bonchev–Trinajstić information content (AvgIpc) is 2.34. The Hall–Kier alpha value is -1.42. The average molecular weight is 252 g/mol. The largest absolute Gasteiger partial charge is 0.349 e. The van der Waals surface area contributed by atoms with Crippen LogP contribution in [0.2, 0.25) is 0 Å². The van der Waals surface area contributed by atoms with Crippen LogP contribution < -0.4 is 10.6 Å². The van der Waals surface area contributed by atoms with Gasteiger partial charge in [0.1, 0.15) is 5.82 Å². The number of hydrogen-bond donors (Lipinski definition) is 2. The van der Waals surface area contributed by atoms with Crippen molar-refractivity contribution in [3.8, 4) is 0 Å². The van der Waals surface area contributed by atoms with Gasteiger partial charge in [0.05, 0.1) is 6.04 Å². The maximum absolute atomic E-state index is 12.9. The summed E-state index contributed by atoms with van der Waals surface area (Å²) >= 11 is 0. The van der Waals surface area contributed by atoms with Gasteiger partial charge in [0.25, 0.3) is 0 Å². The molecule has 0 radical (unpaired) electrons. The van der Waals surface area contributed by atoms with Gasteiger partial charge in [-0.1, -0.05) is 26.0 Å². The Morgan fingerprint density at radius 1 is 1.28 bits per heavy atom. The second-order valence-electron chi connectivity index (χ2n) is 4.69. The fourth-order valence-corrected chi connectivity index (χ4v) is 1.79. The summed E-state index contributed by atoms with van der Waals surface area (Å²) in [5, 5.41) is 5.92. The lowest BCUT2D eigenvalue weighted by Crippen LogP contribution is -2.33. The van der Waals surface area contributed by atoms with Crippen LogP contribution in [-0.2, 0) is 4.79 Å². The third kappa shape index (κ3) is 4.45. The van der Waals surface area contributed by atoms with Crippen LogP contribution in [0, 0.1) is 11.7 Å². The van der Waals surface area contributed by atoms with Crippen LogP contribution in [0.5, 0.6) is 0 Å². The van der Waals surface area contributed by atoms with Crippen LogP contribution >= 0.6 is 0 Å². The highest BCUT2D eigenvalue weighted by Gasteiger charge is 2.17. The van der Waals surface area contributed by atoms with Crippen LogP contribution in [0.25, 0.3) is 0 Å². The van der Waals surface area contributed by atoms with Crippen molar-refractivity contribution in [2.75, 3.05) is 13.6 Å². The molecule has 1 amide bonds. The molecule has 0 aliphatic heterocycles. The summed E-state index contributed by atoms with van der Waals surface area (Å²) in [5.74, 6) is 0.00383. The molecule has 100 valence electrons. The fourth-order valence-electron chi connectivity index (χ4n) is 1.79. The first-order valence-electron chi connectivity index (χ1n) is 6.24. The van der Waals surface area contributed by atoms with Crippen molar-refractivity contribution < 1.29 is 9.18 Å². The van der Waals surface area contributed by atoms with Crippen molar-refractivity contribution in [3.05, 3.63) is 35.6 Å². The van der Waals surface area contributed by atoms with Gasteiger partial charge in [-0.2, -0.15) is 0 Å². The highest BCUT2D eigenvalue weighted by atomic mass is 19.1. The molecule has 0 bridgehead atoms. The van der Waals surface area contributed by atoms with Crippen molar-refractivity contribution in [1.29, 1.82) is 0 Å². The van der Waals surface area contributed by atoms with Gasteiger partial charge in [-0.05, 0) is 30.7 Å². The third-order valence-corrected chi connectivity index (χ3v) is 2.81. The Kier molecular flexibility index (Phi) is 5.78. The number of hydrogen-bond acceptors (Lipinski definition) is 2. The van der Waals surface area contributed by atoms with Gasteiger partial charge in [0, 0.05) is 13.0 Å². The molecule has 0 fully saturated rings. The molecule has 1 rings (SSSR count). The third-order valence-electron chi connectivity index (χ3n) is 2.81. The maximum atomic E-state index is 12.9. The molecule has 0 spiro atoms. The summed E-state index contributed by atoms with van der Waals surface area (Å²) in [7, 11) is 1.81. The lowest BCUT2D eigenvalue weighted by Gasteiger charge is -2.23. The predicted molar refractivity (Wildman–Crippen MR) is 70.7 cm³/mol. The second-order valence-corrected chi connectivity index (χ2v) is 4.69. The van der Waals surface area contributed by atoms with Crippen LogP contribution in [0.15, 0.2) is 24.3 Å². The van der Waals surface area contributed by atoms with E-state index in [0.29, 0.717) is 13.0 Å². The number of rotatable bonds is 6. The van der Waals surface area contributed by atoms with E-state index < -0.39 is 0 Å². The van der Waals surface area contributed by atoms with E-state index in [4.69, 9.17) is 0 Å². The smallest absolute Gasteiger partial charge is 0.221 e. The molecule has 4 heteroatoms. The Morgan fingerprint density at radius 3 is 2.39 bits per heavy atom. The Morgan fingerprint density at radius 2 is 1.89 bits per heavy atom. The zero-order chi connectivity index (χ0) is 13.5. The van der Waals surface area contributed by atoms with E-state index in [-0.39, 0.29) is 23.7 Å². The van der Waals surface area contributed by atoms with Gasteiger partial charge < -0.3 is 10.6 Å². The molecule has 0 aromatic heterocycles. The lowest BCUT2D eigenvalue weighted by molar-refractivity contribution is -0.122.